The van der Waals surface area contributed by atoms with Crippen molar-refractivity contribution in [2.75, 3.05) is 0 Å². The lowest BCUT2D eigenvalue weighted by atomic mass is 10.0. The molecule has 0 aromatic heterocycles. The van der Waals surface area contributed by atoms with Gasteiger partial charge in [0.1, 0.15) is 6.07 Å². The SMILES string of the molecule is Cc1c(I)ccc(C(N)=O)c1C#N. The number of halogens is 1. The summed E-state index contributed by atoms with van der Waals surface area (Å²) in [6, 6.07) is 5.33. The zero-order valence-corrected chi connectivity index (χ0v) is 9.12. The Kier molecular flexibility index (Phi) is 2.88. The molecule has 0 heterocycles. The third-order valence-electron chi connectivity index (χ3n) is 1.78. The standard InChI is InChI=1S/C9H7IN2O/c1-5-7(4-11)6(9(12)13)2-3-8(5)10/h2-3H,1H3,(H2,12,13). The van der Waals surface area contributed by atoms with Crippen LogP contribution in [-0.2, 0) is 0 Å². The second-order valence-corrected chi connectivity index (χ2v) is 3.73. The van der Waals surface area contributed by atoms with E-state index in [2.05, 4.69) is 22.6 Å². The number of hydrogen-bond acceptors (Lipinski definition) is 2. The fourth-order valence-electron chi connectivity index (χ4n) is 1.04. The summed E-state index contributed by atoms with van der Waals surface area (Å²) in [4.78, 5) is 10.9. The van der Waals surface area contributed by atoms with Crippen LogP contribution >= 0.6 is 22.6 Å². The van der Waals surface area contributed by atoms with E-state index in [1.165, 1.54) is 0 Å². The zero-order valence-electron chi connectivity index (χ0n) is 6.97. The number of nitrogens with zero attached hydrogens (tertiary/aromatic N) is 1. The Morgan fingerprint density at radius 1 is 1.62 bits per heavy atom. The van der Waals surface area contributed by atoms with Gasteiger partial charge in [-0.3, -0.25) is 4.79 Å². The maximum absolute atomic E-state index is 10.9. The van der Waals surface area contributed by atoms with Crippen LogP contribution in [0.25, 0.3) is 0 Å². The van der Waals surface area contributed by atoms with E-state index in [-0.39, 0.29) is 0 Å². The Bertz CT molecular complexity index is 407. The van der Waals surface area contributed by atoms with E-state index in [1.807, 2.05) is 6.07 Å². The molecule has 0 saturated carbocycles. The van der Waals surface area contributed by atoms with Crippen LogP contribution < -0.4 is 5.73 Å². The number of carbonyl (C=O) groups is 1. The van der Waals surface area contributed by atoms with Crippen LogP contribution in [0.2, 0.25) is 0 Å². The number of benzene rings is 1. The van der Waals surface area contributed by atoms with E-state index in [1.54, 1.807) is 19.1 Å². The molecule has 0 spiro atoms. The van der Waals surface area contributed by atoms with Crippen molar-refractivity contribution in [3.05, 3.63) is 32.4 Å². The van der Waals surface area contributed by atoms with Crippen molar-refractivity contribution in [2.24, 2.45) is 5.73 Å². The molecule has 2 N–H and O–H groups in total. The van der Waals surface area contributed by atoms with Gasteiger partial charge >= 0.3 is 0 Å². The van der Waals surface area contributed by atoms with Gasteiger partial charge in [0.15, 0.2) is 0 Å². The minimum atomic E-state index is -0.559. The van der Waals surface area contributed by atoms with Gasteiger partial charge in [-0.1, -0.05) is 0 Å². The second-order valence-electron chi connectivity index (χ2n) is 2.57. The molecule has 0 saturated heterocycles. The lowest BCUT2D eigenvalue weighted by Gasteiger charge is -2.04. The minimum Gasteiger partial charge on any atom is -0.366 e. The summed E-state index contributed by atoms with van der Waals surface area (Å²) in [5.41, 5.74) is 6.59. The molecule has 1 rings (SSSR count). The number of primary amides is 1. The van der Waals surface area contributed by atoms with Crippen molar-refractivity contribution in [3.8, 4) is 6.07 Å². The van der Waals surface area contributed by atoms with Gasteiger partial charge in [-0.05, 0) is 47.2 Å². The van der Waals surface area contributed by atoms with Crippen molar-refractivity contribution in [2.45, 2.75) is 6.92 Å². The lowest BCUT2D eigenvalue weighted by molar-refractivity contribution is 0.1000. The van der Waals surface area contributed by atoms with Gasteiger partial charge in [0.05, 0.1) is 11.1 Å². The minimum absolute atomic E-state index is 0.292. The van der Waals surface area contributed by atoms with Crippen LogP contribution in [0.3, 0.4) is 0 Å². The molecular formula is C9H7IN2O. The first-order chi connectivity index (χ1) is 6.07. The number of carbonyl (C=O) groups excluding carboxylic acids is 1. The van der Waals surface area contributed by atoms with E-state index in [4.69, 9.17) is 11.0 Å². The first-order valence-electron chi connectivity index (χ1n) is 3.57. The van der Waals surface area contributed by atoms with E-state index < -0.39 is 5.91 Å². The molecule has 0 atom stereocenters. The second kappa shape index (κ2) is 3.75. The van der Waals surface area contributed by atoms with Crippen LogP contribution in [0, 0.1) is 21.8 Å². The third-order valence-corrected chi connectivity index (χ3v) is 2.94. The summed E-state index contributed by atoms with van der Waals surface area (Å²) in [7, 11) is 0. The van der Waals surface area contributed by atoms with Crippen LogP contribution in [0.1, 0.15) is 21.5 Å². The van der Waals surface area contributed by atoms with Gasteiger partial charge in [0, 0.05) is 3.57 Å². The summed E-state index contributed by atoms with van der Waals surface area (Å²) in [6.07, 6.45) is 0. The molecule has 4 heteroatoms. The number of hydrogen-bond donors (Lipinski definition) is 1. The molecule has 0 aliphatic heterocycles. The largest absolute Gasteiger partial charge is 0.366 e. The molecule has 1 aromatic carbocycles. The molecule has 0 radical (unpaired) electrons. The summed E-state index contributed by atoms with van der Waals surface area (Å²) < 4.78 is 0.958. The van der Waals surface area contributed by atoms with Gasteiger partial charge < -0.3 is 5.73 Å². The lowest BCUT2D eigenvalue weighted by Crippen LogP contribution is -2.13. The van der Waals surface area contributed by atoms with Crippen LogP contribution in [0.15, 0.2) is 12.1 Å². The molecule has 0 aliphatic rings. The van der Waals surface area contributed by atoms with Gasteiger partial charge in [-0.15, -0.1) is 0 Å². The van der Waals surface area contributed by atoms with Gasteiger partial charge in [-0.2, -0.15) is 5.26 Å². The van der Waals surface area contributed by atoms with Crippen molar-refractivity contribution in [1.29, 1.82) is 5.26 Å². The maximum Gasteiger partial charge on any atom is 0.250 e. The maximum atomic E-state index is 10.9. The molecule has 0 aliphatic carbocycles. The summed E-state index contributed by atoms with van der Waals surface area (Å²) >= 11 is 2.11. The highest BCUT2D eigenvalue weighted by atomic mass is 127. The Morgan fingerprint density at radius 3 is 2.69 bits per heavy atom. The van der Waals surface area contributed by atoms with Gasteiger partial charge in [0.25, 0.3) is 0 Å². The third kappa shape index (κ3) is 1.80. The highest BCUT2D eigenvalue weighted by Crippen LogP contribution is 2.18. The van der Waals surface area contributed by atoms with E-state index in [9.17, 15) is 4.79 Å². The quantitative estimate of drug-likeness (QED) is 0.796. The molecule has 0 unspecified atom stereocenters. The normalized spacial score (nSPS) is 9.31. The predicted molar refractivity (Wildman–Crippen MR) is 57.1 cm³/mol. The zero-order chi connectivity index (χ0) is 10.0. The average molecular weight is 286 g/mol. The topological polar surface area (TPSA) is 66.9 Å². The molecule has 66 valence electrons. The highest BCUT2D eigenvalue weighted by molar-refractivity contribution is 14.1. The number of rotatable bonds is 1. The van der Waals surface area contributed by atoms with Crippen LogP contribution in [-0.4, -0.2) is 5.91 Å². The smallest absolute Gasteiger partial charge is 0.250 e. The highest BCUT2D eigenvalue weighted by Gasteiger charge is 2.11. The Morgan fingerprint density at radius 2 is 2.23 bits per heavy atom. The first-order valence-corrected chi connectivity index (χ1v) is 4.64. The van der Waals surface area contributed by atoms with E-state index in [0.717, 1.165) is 9.13 Å². The fourth-order valence-corrected chi connectivity index (χ4v) is 1.49. The van der Waals surface area contributed by atoms with E-state index >= 15 is 0 Å². The van der Waals surface area contributed by atoms with Crippen LogP contribution in [0.4, 0.5) is 0 Å². The number of nitriles is 1. The van der Waals surface area contributed by atoms with Crippen molar-refractivity contribution in [3.63, 3.8) is 0 Å². The van der Waals surface area contributed by atoms with E-state index in [0.29, 0.717) is 11.1 Å². The Balaban J connectivity index is 3.50. The first kappa shape index (κ1) is 9.99. The predicted octanol–water partition coefficient (Wildman–Crippen LogP) is 1.57. The van der Waals surface area contributed by atoms with Crippen molar-refractivity contribution >= 4 is 28.5 Å². The molecule has 13 heavy (non-hydrogen) atoms. The summed E-state index contributed by atoms with van der Waals surface area (Å²) in [6.45, 7) is 1.80. The molecule has 1 amide bonds. The van der Waals surface area contributed by atoms with Crippen LogP contribution in [0.5, 0.6) is 0 Å². The molecule has 0 bridgehead atoms. The number of nitrogens with two attached hydrogens (primary N) is 1. The van der Waals surface area contributed by atoms with Gasteiger partial charge in [0.2, 0.25) is 5.91 Å². The molecule has 1 aromatic rings. The fraction of sp³-hybridized carbons (Fsp3) is 0.111. The molecule has 3 nitrogen and oxygen atoms in total. The van der Waals surface area contributed by atoms with Crippen molar-refractivity contribution < 1.29 is 4.79 Å². The monoisotopic (exact) mass is 286 g/mol. The Hall–Kier alpha value is -1.09. The summed E-state index contributed by atoms with van der Waals surface area (Å²) in [5, 5.41) is 8.81. The van der Waals surface area contributed by atoms with Gasteiger partial charge in [-0.25, -0.2) is 0 Å². The summed E-state index contributed by atoms with van der Waals surface area (Å²) in [5.74, 6) is -0.559. The average Bonchev–Trinajstić information content (AvgIpc) is 2.09. The number of amides is 1. The van der Waals surface area contributed by atoms with Crippen molar-refractivity contribution in [1.82, 2.24) is 0 Å². The molecular weight excluding hydrogens is 279 g/mol. The molecule has 0 fully saturated rings. The Labute approximate surface area is 89.7 Å².